The van der Waals surface area contributed by atoms with Crippen LogP contribution in [0.2, 0.25) is 0 Å². The van der Waals surface area contributed by atoms with Gasteiger partial charge in [0, 0.05) is 18.0 Å². The number of rotatable bonds is 6. The monoisotopic (exact) mass is 235 g/mol. The highest BCUT2D eigenvalue weighted by Crippen LogP contribution is 2.17. The Morgan fingerprint density at radius 2 is 2.41 bits per heavy atom. The largest absolute Gasteiger partial charge is 0.508 e. The van der Waals surface area contributed by atoms with Crippen molar-refractivity contribution in [2.24, 2.45) is 10.8 Å². The van der Waals surface area contributed by atoms with Crippen LogP contribution in [0.1, 0.15) is 11.6 Å². The van der Waals surface area contributed by atoms with Crippen LogP contribution in [0.3, 0.4) is 0 Å². The van der Waals surface area contributed by atoms with Crippen molar-refractivity contribution in [2.45, 2.75) is 6.04 Å². The molecule has 0 fully saturated rings. The number of amides is 1. The van der Waals surface area contributed by atoms with Crippen molar-refractivity contribution in [1.82, 2.24) is 5.32 Å². The summed E-state index contributed by atoms with van der Waals surface area (Å²) in [6.07, 6.45) is 0. The Morgan fingerprint density at radius 1 is 1.65 bits per heavy atom. The van der Waals surface area contributed by atoms with Crippen molar-refractivity contribution < 1.29 is 9.90 Å². The van der Waals surface area contributed by atoms with Crippen molar-refractivity contribution in [1.29, 1.82) is 0 Å². The number of hydrogen-bond acceptors (Lipinski definition) is 4. The molecule has 1 aromatic rings. The van der Waals surface area contributed by atoms with Crippen LogP contribution in [0.4, 0.5) is 0 Å². The molecule has 7 nitrogen and oxygen atoms in total. The van der Waals surface area contributed by atoms with Gasteiger partial charge in [-0.25, -0.2) is 0 Å². The topological polar surface area (TPSA) is 124 Å². The predicted octanol–water partition coefficient (Wildman–Crippen LogP) is 0.818. The molecule has 0 aromatic heterocycles. The zero-order valence-electron chi connectivity index (χ0n) is 9.08. The Labute approximate surface area is 97.9 Å². The molecule has 4 N–H and O–H groups in total. The quantitative estimate of drug-likeness (QED) is 0.292. The van der Waals surface area contributed by atoms with E-state index >= 15 is 0 Å². The van der Waals surface area contributed by atoms with Gasteiger partial charge in [-0.1, -0.05) is 17.2 Å². The Kier molecular flexibility index (Phi) is 4.80. The number of carbonyl (C=O) groups excluding carboxylic acids is 1. The minimum atomic E-state index is -0.712. The summed E-state index contributed by atoms with van der Waals surface area (Å²) >= 11 is 0. The lowest BCUT2D eigenvalue weighted by Crippen LogP contribution is -2.34. The van der Waals surface area contributed by atoms with Crippen LogP contribution >= 0.6 is 0 Å². The van der Waals surface area contributed by atoms with Crippen LogP contribution in [0.25, 0.3) is 10.4 Å². The molecule has 0 aliphatic heterocycles. The molecule has 0 spiro atoms. The zero-order chi connectivity index (χ0) is 12.7. The third-order valence-corrected chi connectivity index (χ3v) is 2.11. The summed E-state index contributed by atoms with van der Waals surface area (Å²) in [5.74, 6) is -0.498. The molecule has 90 valence electrons. The summed E-state index contributed by atoms with van der Waals surface area (Å²) in [4.78, 5) is 13.8. The lowest BCUT2D eigenvalue weighted by atomic mass is 10.1. The fourth-order valence-corrected chi connectivity index (χ4v) is 1.39. The number of primary amides is 1. The van der Waals surface area contributed by atoms with E-state index in [9.17, 15) is 9.90 Å². The van der Waals surface area contributed by atoms with E-state index in [1.54, 1.807) is 12.1 Å². The number of phenolic OH excluding ortho intramolecular Hbond substituents is 1. The van der Waals surface area contributed by atoms with Gasteiger partial charge in [0.25, 0.3) is 0 Å². The van der Waals surface area contributed by atoms with Crippen molar-refractivity contribution in [2.75, 3.05) is 13.1 Å². The molecule has 0 saturated carbocycles. The third kappa shape index (κ3) is 4.02. The maximum absolute atomic E-state index is 11.2. The first-order valence-electron chi connectivity index (χ1n) is 4.97. The molecule has 1 rings (SSSR count). The Balaban J connectivity index is 2.72. The smallest absolute Gasteiger partial charge is 0.239 e. The SMILES string of the molecule is [N-]=[N+]=NCCNC(C(N)=O)c1cccc(O)c1. The first-order chi connectivity index (χ1) is 8.15. The van der Waals surface area contributed by atoms with Gasteiger partial charge in [0.2, 0.25) is 5.91 Å². The van der Waals surface area contributed by atoms with Gasteiger partial charge in [0.1, 0.15) is 11.8 Å². The van der Waals surface area contributed by atoms with E-state index < -0.39 is 11.9 Å². The number of carbonyl (C=O) groups is 1. The predicted molar refractivity (Wildman–Crippen MR) is 62.1 cm³/mol. The van der Waals surface area contributed by atoms with Crippen molar-refractivity contribution >= 4 is 5.91 Å². The fraction of sp³-hybridized carbons (Fsp3) is 0.300. The van der Waals surface area contributed by atoms with Gasteiger partial charge in [-0.15, -0.1) is 0 Å². The molecule has 17 heavy (non-hydrogen) atoms. The van der Waals surface area contributed by atoms with Gasteiger partial charge in [0.05, 0.1) is 0 Å². The van der Waals surface area contributed by atoms with E-state index in [-0.39, 0.29) is 12.3 Å². The van der Waals surface area contributed by atoms with Gasteiger partial charge in [-0.2, -0.15) is 0 Å². The molecule has 1 unspecified atom stereocenters. The van der Waals surface area contributed by atoms with Gasteiger partial charge in [-0.05, 0) is 23.2 Å². The van der Waals surface area contributed by atoms with E-state index in [4.69, 9.17) is 11.3 Å². The van der Waals surface area contributed by atoms with Crippen LogP contribution in [0.15, 0.2) is 29.4 Å². The number of hydrogen-bond donors (Lipinski definition) is 3. The maximum Gasteiger partial charge on any atom is 0.239 e. The molecule has 1 aromatic carbocycles. The average Bonchev–Trinajstić information content (AvgIpc) is 2.28. The molecule has 7 heteroatoms. The third-order valence-electron chi connectivity index (χ3n) is 2.11. The Bertz CT molecular complexity index is 442. The number of benzene rings is 1. The molecule has 0 bridgehead atoms. The first-order valence-corrected chi connectivity index (χ1v) is 4.97. The Morgan fingerprint density at radius 3 is 3.00 bits per heavy atom. The second-order valence-corrected chi connectivity index (χ2v) is 3.34. The van der Waals surface area contributed by atoms with Gasteiger partial charge >= 0.3 is 0 Å². The van der Waals surface area contributed by atoms with Crippen LogP contribution < -0.4 is 11.1 Å². The number of nitrogens with two attached hydrogens (primary N) is 1. The van der Waals surface area contributed by atoms with Crippen LogP contribution in [-0.4, -0.2) is 24.1 Å². The number of nitrogens with one attached hydrogen (secondary N) is 1. The number of azide groups is 1. The molecule has 1 amide bonds. The average molecular weight is 235 g/mol. The first kappa shape index (κ1) is 12.8. The highest BCUT2D eigenvalue weighted by atomic mass is 16.3. The molecule has 0 aliphatic carbocycles. The second-order valence-electron chi connectivity index (χ2n) is 3.34. The number of nitrogens with zero attached hydrogens (tertiary/aromatic N) is 3. The van der Waals surface area contributed by atoms with Gasteiger partial charge in [0.15, 0.2) is 0 Å². The van der Waals surface area contributed by atoms with Crippen molar-refractivity contribution in [3.05, 3.63) is 40.3 Å². The molecule has 0 heterocycles. The summed E-state index contributed by atoms with van der Waals surface area (Å²) in [5, 5.41) is 15.5. The molecular weight excluding hydrogens is 222 g/mol. The van der Waals surface area contributed by atoms with Crippen LogP contribution in [0.5, 0.6) is 5.75 Å². The summed E-state index contributed by atoms with van der Waals surface area (Å²) in [6.45, 7) is 0.548. The summed E-state index contributed by atoms with van der Waals surface area (Å²) in [7, 11) is 0. The highest BCUT2D eigenvalue weighted by Gasteiger charge is 2.16. The molecule has 0 aliphatic rings. The molecule has 0 radical (unpaired) electrons. The fourth-order valence-electron chi connectivity index (χ4n) is 1.39. The van der Waals surface area contributed by atoms with E-state index in [0.717, 1.165) is 0 Å². The second kappa shape index (κ2) is 6.37. The highest BCUT2D eigenvalue weighted by molar-refractivity contribution is 5.81. The molecular formula is C10H13N5O2. The molecule has 0 saturated heterocycles. The standard InChI is InChI=1S/C10H13N5O2/c11-10(17)9(13-4-5-14-15-12)7-2-1-3-8(16)6-7/h1-3,6,9,13,16H,4-5H2,(H2,11,17). The minimum absolute atomic E-state index is 0.0607. The zero-order valence-corrected chi connectivity index (χ0v) is 9.08. The summed E-state index contributed by atoms with van der Waals surface area (Å²) in [6, 6.07) is 5.54. The van der Waals surface area contributed by atoms with Crippen molar-refractivity contribution in [3.8, 4) is 5.75 Å². The summed E-state index contributed by atoms with van der Waals surface area (Å²) < 4.78 is 0. The number of aromatic hydroxyl groups is 1. The van der Waals surface area contributed by atoms with E-state index in [2.05, 4.69) is 15.3 Å². The normalized spacial score (nSPS) is 11.5. The maximum atomic E-state index is 11.2. The van der Waals surface area contributed by atoms with Gasteiger partial charge < -0.3 is 16.2 Å². The molecule has 1 atom stereocenters. The van der Waals surface area contributed by atoms with Crippen LogP contribution in [-0.2, 0) is 4.79 Å². The van der Waals surface area contributed by atoms with Gasteiger partial charge in [-0.3, -0.25) is 4.79 Å². The van der Waals surface area contributed by atoms with E-state index in [1.165, 1.54) is 12.1 Å². The van der Waals surface area contributed by atoms with Crippen molar-refractivity contribution in [3.63, 3.8) is 0 Å². The number of phenols is 1. The summed E-state index contributed by atoms with van der Waals surface area (Å²) in [5.41, 5.74) is 13.9. The minimum Gasteiger partial charge on any atom is -0.508 e. The van der Waals surface area contributed by atoms with E-state index in [1.807, 2.05) is 0 Å². The van der Waals surface area contributed by atoms with Crippen LogP contribution in [0, 0.1) is 0 Å². The lowest BCUT2D eigenvalue weighted by molar-refractivity contribution is -0.120. The lowest BCUT2D eigenvalue weighted by Gasteiger charge is -2.15. The van der Waals surface area contributed by atoms with E-state index in [0.29, 0.717) is 12.1 Å². The Hall–Kier alpha value is -2.24.